The molecule has 34 heavy (non-hydrogen) atoms. The van der Waals surface area contributed by atoms with Crippen LogP contribution in [0, 0.1) is 13.8 Å². The number of nitrogens with one attached hydrogen (secondary N) is 1. The molecule has 174 valence electrons. The molecule has 4 rings (SSSR count). The van der Waals surface area contributed by atoms with Gasteiger partial charge >= 0.3 is 0 Å². The predicted octanol–water partition coefficient (Wildman–Crippen LogP) is 7.90. The number of aromatic nitrogens is 3. The van der Waals surface area contributed by atoms with Gasteiger partial charge in [0.15, 0.2) is 11.0 Å². The summed E-state index contributed by atoms with van der Waals surface area (Å²) in [6.07, 6.45) is 0. The summed E-state index contributed by atoms with van der Waals surface area (Å²) in [5.41, 5.74) is 3.76. The highest BCUT2D eigenvalue weighted by Gasteiger charge is 2.19. The Morgan fingerprint density at radius 3 is 2.32 bits per heavy atom. The fourth-order valence-electron chi connectivity index (χ4n) is 3.18. The first kappa shape index (κ1) is 24.9. The number of thioether (sulfide) groups is 1. The molecule has 1 amide bonds. The molecule has 4 aromatic rings. The summed E-state index contributed by atoms with van der Waals surface area (Å²) in [6, 6.07) is 16.5. The number of benzene rings is 3. The van der Waals surface area contributed by atoms with Gasteiger partial charge in [-0.15, -0.1) is 10.2 Å². The second-order valence-electron chi connectivity index (χ2n) is 7.47. The van der Waals surface area contributed by atoms with Gasteiger partial charge in [-0.1, -0.05) is 70.3 Å². The molecule has 10 heteroatoms. The van der Waals surface area contributed by atoms with Gasteiger partial charge in [0.2, 0.25) is 5.91 Å². The van der Waals surface area contributed by atoms with Crippen LogP contribution in [0.15, 0.2) is 59.8 Å². The molecule has 1 heterocycles. The molecule has 0 fully saturated rings. The van der Waals surface area contributed by atoms with E-state index in [-0.39, 0.29) is 11.7 Å². The smallest absolute Gasteiger partial charge is 0.234 e. The third kappa shape index (κ3) is 5.37. The molecule has 0 spiro atoms. The molecular formula is C24H18Cl4N4OS. The lowest BCUT2D eigenvalue weighted by Gasteiger charge is -2.13. The second-order valence-corrected chi connectivity index (χ2v) is 10.0. The second kappa shape index (κ2) is 10.6. The van der Waals surface area contributed by atoms with E-state index in [4.69, 9.17) is 46.4 Å². The number of hydrogen-bond acceptors (Lipinski definition) is 4. The van der Waals surface area contributed by atoms with Gasteiger partial charge in [-0.3, -0.25) is 9.36 Å². The minimum absolute atomic E-state index is 0.0684. The molecule has 0 aliphatic carbocycles. The number of halogens is 4. The third-order valence-corrected chi connectivity index (χ3v) is 7.42. The Kier molecular flexibility index (Phi) is 7.75. The predicted molar refractivity (Wildman–Crippen MR) is 142 cm³/mol. The molecular weight excluding hydrogens is 534 g/mol. The number of hydrogen-bond donors (Lipinski definition) is 1. The summed E-state index contributed by atoms with van der Waals surface area (Å²) in [7, 11) is 0. The van der Waals surface area contributed by atoms with Crippen LogP contribution in [0.2, 0.25) is 20.1 Å². The summed E-state index contributed by atoms with van der Waals surface area (Å²) in [4.78, 5) is 12.7. The molecule has 3 aromatic carbocycles. The number of amides is 1. The quantitative estimate of drug-likeness (QED) is 0.247. The maximum atomic E-state index is 12.7. The van der Waals surface area contributed by atoms with E-state index in [1.807, 2.05) is 48.7 Å². The average Bonchev–Trinajstić information content (AvgIpc) is 3.24. The van der Waals surface area contributed by atoms with E-state index >= 15 is 0 Å². The fourth-order valence-corrected chi connectivity index (χ4v) is 4.70. The van der Waals surface area contributed by atoms with Gasteiger partial charge in [-0.05, 0) is 67.4 Å². The first-order chi connectivity index (χ1) is 16.2. The number of carbonyl (C=O) groups excluding carboxylic acids is 1. The number of anilines is 1. The zero-order chi connectivity index (χ0) is 24.4. The van der Waals surface area contributed by atoms with Crippen molar-refractivity contribution in [3.8, 4) is 17.1 Å². The number of nitrogens with zero attached hydrogens (tertiary/aromatic N) is 3. The SMILES string of the molecule is Cc1ccc(-n2c(SCC(=O)Nc3c(Cl)ccc(C)c3Cl)nnc2-c2ccc(Cl)cc2)cc1Cl. The van der Waals surface area contributed by atoms with Crippen LogP contribution < -0.4 is 5.32 Å². The molecule has 5 nitrogen and oxygen atoms in total. The van der Waals surface area contributed by atoms with Crippen LogP contribution in [0.25, 0.3) is 17.1 Å². The molecule has 0 aliphatic rings. The summed E-state index contributed by atoms with van der Waals surface area (Å²) in [6.45, 7) is 3.77. The Labute approximate surface area is 221 Å². The standard InChI is InChI=1S/C24H18Cl4N4OS/c1-13-3-9-17(11-19(13)27)32-23(15-5-7-16(25)8-6-15)30-31-24(32)34-12-20(33)29-22-18(26)10-4-14(2)21(22)28/h3-11H,12H2,1-2H3,(H,29,33). The Hall–Kier alpha value is -2.22. The Morgan fingerprint density at radius 1 is 0.912 bits per heavy atom. The van der Waals surface area contributed by atoms with Crippen LogP contribution in [-0.4, -0.2) is 26.4 Å². The van der Waals surface area contributed by atoms with Crippen LogP contribution >= 0.6 is 58.2 Å². The van der Waals surface area contributed by atoms with Crippen molar-refractivity contribution in [1.29, 1.82) is 0 Å². The molecule has 0 bridgehead atoms. The van der Waals surface area contributed by atoms with Crippen LogP contribution in [-0.2, 0) is 4.79 Å². The van der Waals surface area contributed by atoms with E-state index in [9.17, 15) is 4.79 Å². The minimum atomic E-state index is -0.274. The van der Waals surface area contributed by atoms with Gasteiger partial charge in [0.1, 0.15) is 0 Å². The van der Waals surface area contributed by atoms with Crippen molar-refractivity contribution in [2.45, 2.75) is 19.0 Å². The topological polar surface area (TPSA) is 59.8 Å². The zero-order valence-corrected chi connectivity index (χ0v) is 21.9. The number of carbonyl (C=O) groups is 1. The van der Waals surface area contributed by atoms with E-state index in [0.717, 1.165) is 22.4 Å². The van der Waals surface area contributed by atoms with Gasteiger partial charge in [-0.25, -0.2) is 0 Å². The molecule has 0 unspecified atom stereocenters. The van der Waals surface area contributed by atoms with Gasteiger partial charge in [0, 0.05) is 15.6 Å². The van der Waals surface area contributed by atoms with E-state index in [0.29, 0.717) is 36.8 Å². The summed E-state index contributed by atoms with van der Waals surface area (Å²) in [5.74, 6) is 0.395. The van der Waals surface area contributed by atoms with E-state index < -0.39 is 0 Å². The average molecular weight is 552 g/mol. The molecule has 1 N–H and O–H groups in total. The van der Waals surface area contributed by atoms with Crippen molar-refractivity contribution in [2.24, 2.45) is 0 Å². The van der Waals surface area contributed by atoms with Crippen molar-refractivity contribution in [2.75, 3.05) is 11.1 Å². The summed E-state index contributed by atoms with van der Waals surface area (Å²) >= 11 is 26.2. The van der Waals surface area contributed by atoms with Crippen LogP contribution in [0.4, 0.5) is 5.69 Å². The fraction of sp³-hybridized carbons (Fsp3) is 0.125. The minimum Gasteiger partial charge on any atom is -0.323 e. The maximum Gasteiger partial charge on any atom is 0.234 e. The molecule has 0 radical (unpaired) electrons. The Bertz CT molecular complexity index is 1370. The number of rotatable bonds is 6. The Balaban J connectivity index is 1.64. The van der Waals surface area contributed by atoms with Gasteiger partial charge in [-0.2, -0.15) is 0 Å². The van der Waals surface area contributed by atoms with Crippen molar-refractivity contribution in [3.05, 3.63) is 85.8 Å². The molecule has 0 atom stereocenters. The lowest BCUT2D eigenvalue weighted by atomic mass is 10.2. The maximum absolute atomic E-state index is 12.7. The molecule has 0 saturated heterocycles. The normalized spacial score (nSPS) is 11.0. The lowest BCUT2D eigenvalue weighted by molar-refractivity contribution is -0.113. The number of aryl methyl sites for hydroxylation is 2. The van der Waals surface area contributed by atoms with E-state index in [1.165, 1.54) is 11.8 Å². The van der Waals surface area contributed by atoms with E-state index in [1.54, 1.807) is 24.3 Å². The van der Waals surface area contributed by atoms with Crippen LogP contribution in [0.5, 0.6) is 0 Å². The van der Waals surface area contributed by atoms with Crippen molar-refractivity contribution in [3.63, 3.8) is 0 Å². The summed E-state index contributed by atoms with van der Waals surface area (Å²) in [5, 5.41) is 14.1. The van der Waals surface area contributed by atoms with Crippen LogP contribution in [0.3, 0.4) is 0 Å². The monoisotopic (exact) mass is 550 g/mol. The third-order valence-electron chi connectivity index (χ3n) is 5.03. The largest absolute Gasteiger partial charge is 0.323 e. The first-order valence-corrected chi connectivity index (χ1v) is 12.6. The Morgan fingerprint density at radius 2 is 1.62 bits per heavy atom. The van der Waals surface area contributed by atoms with E-state index in [2.05, 4.69) is 15.5 Å². The molecule has 0 saturated carbocycles. The first-order valence-electron chi connectivity index (χ1n) is 10.1. The highest BCUT2D eigenvalue weighted by Crippen LogP contribution is 2.34. The van der Waals surface area contributed by atoms with Gasteiger partial charge in [0.05, 0.1) is 27.2 Å². The highest BCUT2D eigenvalue weighted by molar-refractivity contribution is 7.99. The zero-order valence-electron chi connectivity index (χ0n) is 18.1. The van der Waals surface area contributed by atoms with Crippen LogP contribution in [0.1, 0.15) is 11.1 Å². The molecule has 1 aromatic heterocycles. The van der Waals surface area contributed by atoms with Crippen molar-refractivity contribution in [1.82, 2.24) is 14.8 Å². The highest BCUT2D eigenvalue weighted by atomic mass is 35.5. The molecule has 0 aliphatic heterocycles. The van der Waals surface area contributed by atoms with Gasteiger partial charge in [0.25, 0.3) is 0 Å². The summed E-state index contributed by atoms with van der Waals surface area (Å²) < 4.78 is 1.86. The van der Waals surface area contributed by atoms with Crippen molar-refractivity contribution < 1.29 is 4.79 Å². The van der Waals surface area contributed by atoms with Gasteiger partial charge < -0.3 is 5.32 Å². The lowest BCUT2D eigenvalue weighted by Crippen LogP contribution is -2.15. The van der Waals surface area contributed by atoms with Crippen molar-refractivity contribution >= 4 is 69.8 Å².